The number of pyridine rings is 1. The van der Waals surface area contributed by atoms with Crippen LogP contribution in [0.4, 0.5) is 0 Å². The summed E-state index contributed by atoms with van der Waals surface area (Å²) in [7, 11) is 0. The van der Waals surface area contributed by atoms with Crippen LogP contribution in [0.3, 0.4) is 0 Å². The smallest absolute Gasteiger partial charge is 0.101 e. The summed E-state index contributed by atoms with van der Waals surface area (Å²) in [4.78, 5) is 5.17. The summed E-state index contributed by atoms with van der Waals surface area (Å²) >= 11 is 7.67. The van der Waals surface area contributed by atoms with E-state index >= 15 is 0 Å². The summed E-state index contributed by atoms with van der Waals surface area (Å²) in [6.45, 7) is 1.72. The normalized spacial score (nSPS) is 12.4. The lowest BCUT2D eigenvalue weighted by Crippen LogP contribution is -1.90. The third-order valence-corrected chi connectivity index (χ3v) is 3.74. The predicted octanol–water partition coefficient (Wildman–Crippen LogP) is 3.94. The average Bonchev–Trinajstić information content (AvgIpc) is 2.33. The second-order valence-corrected chi connectivity index (χ2v) is 5.11. The van der Waals surface area contributed by atoms with Crippen molar-refractivity contribution in [3.05, 3.63) is 53.2 Å². The second kappa shape index (κ2) is 5.54. The standard InChI is InChI=1S/C13H12ClNOS/c1-9(16)10-5-6-12(11(14)8-10)17-13-4-2-3-7-15-13/h2-9,16H,1H3. The molecule has 4 heteroatoms. The van der Waals surface area contributed by atoms with Crippen molar-refractivity contribution in [3.8, 4) is 0 Å². The molecule has 1 aromatic heterocycles. The quantitative estimate of drug-likeness (QED) is 0.913. The molecule has 2 rings (SSSR count). The molecule has 1 N–H and O–H groups in total. The van der Waals surface area contributed by atoms with Gasteiger partial charge < -0.3 is 5.11 Å². The van der Waals surface area contributed by atoms with Gasteiger partial charge in [0.2, 0.25) is 0 Å². The Labute approximate surface area is 110 Å². The molecule has 88 valence electrons. The molecule has 0 fully saturated rings. The summed E-state index contributed by atoms with van der Waals surface area (Å²) in [5.74, 6) is 0. The first kappa shape index (κ1) is 12.4. The van der Waals surface area contributed by atoms with Gasteiger partial charge in [-0.25, -0.2) is 4.98 Å². The van der Waals surface area contributed by atoms with E-state index in [2.05, 4.69) is 4.98 Å². The molecule has 0 aliphatic rings. The van der Waals surface area contributed by atoms with E-state index in [1.54, 1.807) is 19.2 Å². The van der Waals surface area contributed by atoms with E-state index in [0.717, 1.165) is 15.5 Å². The van der Waals surface area contributed by atoms with Gasteiger partial charge in [0.25, 0.3) is 0 Å². The minimum Gasteiger partial charge on any atom is -0.389 e. The molecule has 0 aliphatic carbocycles. The van der Waals surface area contributed by atoms with Crippen LogP contribution in [0.15, 0.2) is 52.5 Å². The third-order valence-electron chi connectivity index (χ3n) is 2.29. The molecular formula is C13H12ClNOS. The topological polar surface area (TPSA) is 33.1 Å². The fourth-order valence-electron chi connectivity index (χ4n) is 1.38. The monoisotopic (exact) mass is 265 g/mol. The van der Waals surface area contributed by atoms with Crippen molar-refractivity contribution in [2.45, 2.75) is 22.9 Å². The van der Waals surface area contributed by atoms with Crippen molar-refractivity contribution >= 4 is 23.4 Å². The van der Waals surface area contributed by atoms with Gasteiger partial charge in [0.1, 0.15) is 5.03 Å². The highest BCUT2D eigenvalue weighted by Gasteiger charge is 2.07. The van der Waals surface area contributed by atoms with Crippen LogP contribution in [0.1, 0.15) is 18.6 Å². The lowest BCUT2D eigenvalue weighted by Gasteiger charge is -2.08. The van der Waals surface area contributed by atoms with Crippen LogP contribution in [0.5, 0.6) is 0 Å². The minimum absolute atomic E-state index is 0.499. The van der Waals surface area contributed by atoms with Gasteiger partial charge in [-0.1, -0.05) is 35.5 Å². The lowest BCUT2D eigenvalue weighted by molar-refractivity contribution is 0.199. The predicted molar refractivity (Wildman–Crippen MR) is 70.4 cm³/mol. The van der Waals surface area contributed by atoms with Crippen molar-refractivity contribution in [3.63, 3.8) is 0 Å². The average molecular weight is 266 g/mol. The molecule has 0 saturated carbocycles. The lowest BCUT2D eigenvalue weighted by atomic mass is 10.1. The van der Waals surface area contributed by atoms with Gasteiger partial charge in [0.15, 0.2) is 0 Å². The van der Waals surface area contributed by atoms with Crippen LogP contribution in [0, 0.1) is 0 Å². The summed E-state index contributed by atoms with van der Waals surface area (Å²) in [6.07, 6.45) is 1.25. The van der Waals surface area contributed by atoms with Gasteiger partial charge in [-0.15, -0.1) is 0 Å². The Morgan fingerprint density at radius 3 is 2.71 bits per heavy atom. The molecule has 0 radical (unpaired) electrons. The van der Waals surface area contributed by atoms with E-state index in [1.165, 1.54) is 11.8 Å². The highest BCUT2D eigenvalue weighted by Crippen LogP contribution is 2.33. The molecule has 0 aliphatic heterocycles. The van der Waals surface area contributed by atoms with Crippen molar-refractivity contribution in [2.24, 2.45) is 0 Å². The van der Waals surface area contributed by atoms with Crippen molar-refractivity contribution in [1.29, 1.82) is 0 Å². The fraction of sp³-hybridized carbons (Fsp3) is 0.154. The minimum atomic E-state index is -0.499. The van der Waals surface area contributed by atoms with Crippen LogP contribution in [0.2, 0.25) is 5.02 Å². The van der Waals surface area contributed by atoms with Crippen LogP contribution >= 0.6 is 23.4 Å². The van der Waals surface area contributed by atoms with Gasteiger partial charge >= 0.3 is 0 Å². The van der Waals surface area contributed by atoms with E-state index < -0.39 is 6.10 Å². The zero-order valence-corrected chi connectivity index (χ0v) is 10.9. The maximum absolute atomic E-state index is 9.45. The SMILES string of the molecule is CC(O)c1ccc(Sc2ccccn2)c(Cl)c1. The molecule has 17 heavy (non-hydrogen) atoms. The number of aromatic nitrogens is 1. The van der Waals surface area contributed by atoms with Crippen LogP contribution in [-0.2, 0) is 0 Å². The number of benzene rings is 1. The Kier molecular flexibility index (Phi) is 4.05. The van der Waals surface area contributed by atoms with Crippen LogP contribution < -0.4 is 0 Å². The molecule has 0 bridgehead atoms. The molecule has 0 saturated heterocycles. The number of aliphatic hydroxyl groups is 1. The maximum atomic E-state index is 9.45. The van der Waals surface area contributed by atoms with Gasteiger partial charge in [0.05, 0.1) is 11.1 Å². The summed E-state index contributed by atoms with van der Waals surface area (Å²) in [6, 6.07) is 11.3. The molecule has 0 spiro atoms. The molecule has 0 amide bonds. The summed E-state index contributed by atoms with van der Waals surface area (Å²) < 4.78 is 0. The highest BCUT2D eigenvalue weighted by molar-refractivity contribution is 7.99. The molecule has 1 atom stereocenters. The van der Waals surface area contributed by atoms with Gasteiger partial charge in [-0.3, -0.25) is 0 Å². The molecule has 1 heterocycles. The van der Waals surface area contributed by atoms with Crippen molar-refractivity contribution in [2.75, 3.05) is 0 Å². The van der Waals surface area contributed by atoms with E-state index in [9.17, 15) is 5.11 Å². The highest BCUT2D eigenvalue weighted by atomic mass is 35.5. The van der Waals surface area contributed by atoms with Crippen LogP contribution in [-0.4, -0.2) is 10.1 Å². The zero-order valence-electron chi connectivity index (χ0n) is 9.30. The Morgan fingerprint density at radius 1 is 1.29 bits per heavy atom. The molecular weight excluding hydrogens is 254 g/mol. The van der Waals surface area contributed by atoms with E-state index in [1.807, 2.05) is 30.3 Å². The van der Waals surface area contributed by atoms with Crippen molar-refractivity contribution < 1.29 is 5.11 Å². The Morgan fingerprint density at radius 2 is 2.12 bits per heavy atom. The van der Waals surface area contributed by atoms with E-state index in [0.29, 0.717) is 5.02 Å². The largest absolute Gasteiger partial charge is 0.389 e. The first-order valence-corrected chi connectivity index (χ1v) is 6.42. The first-order chi connectivity index (χ1) is 8.16. The van der Waals surface area contributed by atoms with Gasteiger partial charge in [-0.05, 0) is 36.8 Å². The Bertz CT molecular complexity index is 502. The first-order valence-electron chi connectivity index (χ1n) is 5.23. The number of halogens is 1. The van der Waals surface area contributed by atoms with Crippen molar-refractivity contribution in [1.82, 2.24) is 4.98 Å². The van der Waals surface area contributed by atoms with E-state index in [-0.39, 0.29) is 0 Å². The molecule has 1 aromatic carbocycles. The molecule has 2 nitrogen and oxygen atoms in total. The second-order valence-electron chi connectivity index (χ2n) is 3.64. The fourth-order valence-corrected chi connectivity index (χ4v) is 2.46. The number of nitrogens with zero attached hydrogens (tertiary/aromatic N) is 1. The molecule has 2 aromatic rings. The Hall–Kier alpha value is -1.03. The Balaban J connectivity index is 2.23. The third kappa shape index (κ3) is 3.22. The molecule has 1 unspecified atom stereocenters. The van der Waals surface area contributed by atoms with Crippen LogP contribution in [0.25, 0.3) is 0 Å². The maximum Gasteiger partial charge on any atom is 0.101 e. The number of hydrogen-bond acceptors (Lipinski definition) is 3. The number of rotatable bonds is 3. The van der Waals surface area contributed by atoms with Gasteiger partial charge in [0, 0.05) is 11.1 Å². The number of hydrogen-bond donors (Lipinski definition) is 1. The van der Waals surface area contributed by atoms with Gasteiger partial charge in [-0.2, -0.15) is 0 Å². The summed E-state index contributed by atoms with van der Waals surface area (Å²) in [5.41, 5.74) is 0.820. The van der Waals surface area contributed by atoms with E-state index in [4.69, 9.17) is 11.6 Å². The zero-order chi connectivity index (χ0) is 12.3. The number of aliphatic hydroxyl groups excluding tert-OH is 1. The summed E-state index contributed by atoms with van der Waals surface area (Å²) in [5, 5.41) is 11.0.